The maximum absolute atomic E-state index is 9.68. The summed E-state index contributed by atoms with van der Waals surface area (Å²) in [5.74, 6) is 0.883. The molecule has 6 nitrogen and oxygen atoms in total. The lowest BCUT2D eigenvalue weighted by atomic mass is 10.1. The second-order valence-electron chi connectivity index (χ2n) is 4.53. The summed E-state index contributed by atoms with van der Waals surface area (Å²) in [5.41, 5.74) is 1.83. The van der Waals surface area contributed by atoms with Gasteiger partial charge in [-0.3, -0.25) is 0 Å². The number of aryl methyl sites for hydroxylation is 1. The smallest absolute Gasteiger partial charge is 0.180 e. The van der Waals surface area contributed by atoms with Gasteiger partial charge in [-0.15, -0.1) is 15.3 Å². The largest absolute Gasteiger partial charge is 0.391 e. The highest BCUT2D eigenvalue weighted by Crippen LogP contribution is 2.19. The van der Waals surface area contributed by atoms with E-state index in [1.807, 2.05) is 13.0 Å². The van der Waals surface area contributed by atoms with Crippen LogP contribution in [0.4, 0.5) is 5.82 Å². The van der Waals surface area contributed by atoms with E-state index in [1.54, 1.807) is 10.8 Å². The van der Waals surface area contributed by atoms with Gasteiger partial charge in [-0.05, 0) is 31.4 Å². The number of β-amino-alcohol motifs (C(OH)–C–C–N with tert-alkyl or cyclic N) is 1. The van der Waals surface area contributed by atoms with Gasteiger partial charge in [0.25, 0.3) is 0 Å². The van der Waals surface area contributed by atoms with E-state index in [0.29, 0.717) is 6.54 Å². The highest BCUT2D eigenvalue weighted by molar-refractivity contribution is 5.52. The average molecular weight is 233 g/mol. The quantitative estimate of drug-likeness (QED) is 0.772. The summed E-state index contributed by atoms with van der Waals surface area (Å²) in [6.45, 7) is 3.59. The van der Waals surface area contributed by atoms with Crippen LogP contribution in [-0.2, 0) is 0 Å². The molecule has 0 aliphatic carbocycles. The molecule has 2 aromatic rings. The standard InChI is InChI=1S/C11H15N5O/c1-8-5-10(14-16-7-12-13-11(8)16)15-4-2-3-9(17)6-15/h5,7,9,17H,2-4,6H2,1H3. The minimum absolute atomic E-state index is 0.248. The summed E-state index contributed by atoms with van der Waals surface area (Å²) < 4.78 is 1.69. The number of aliphatic hydroxyl groups is 1. The Bertz CT molecular complexity index is 538. The fourth-order valence-electron chi connectivity index (χ4n) is 2.28. The Kier molecular flexibility index (Phi) is 2.44. The number of hydrogen-bond donors (Lipinski definition) is 1. The SMILES string of the molecule is Cc1cc(N2CCCC(O)C2)nn2cnnc12. The van der Waals surface area contributed by atoms with Crippen LogP contribution in [0.2, 0.25) is 0 Å². The minimum Gasteiger partial charge on any atom is -0.391 e. The molecule has 1 aliphatic rings. The molecule has 1 N–H and O–H groups in total. The molecule has 90 valence electrons. The van der Waals surface area contributed by atoms with E-state index in [0.717, 1.165) is 36.4 Å². The Morgan fingerprint density at radius 1 is 1.47 bits per heavy atom. The fraction of sp³-hybridized carbons (Fsp3) is 0.545. The number of fused-ring (bicyclic) bond motifs is 1. The predicted molar refractivity (Wildman–Crippen MR) is 63.0 cm³/mol. The van der Waals surface area contributed by atoms with E-state index in [4.69, 9.17) is 0 Å². The molecule has 1 unspecified atom stereocenters. The summed E-state index contributed by atoms with van der Waals surface area (Å²) in [6.07, 6.45) is 3.24. The zero-order valence-corrected chi connectivity index (χ0v) is 9.74. The Balaban J connectivity index is 1.99. The van der Waals surface area contributed by atoms with Gasteiger partial charge in [0.15, 0.2) is 5.65 Å². The topological polar surface area (TPSA) is 66.5 Å². The van der Waals surface area contributed by atoms with E-state index < -0.39 is 0 Å². The Morgan fingerprint density at radius 3 is 3.18 bits per heavy atom. The van der Waals surface area contributed by atoms with Crippen LogP contribution >= 0.6 is 0 Å². The lowest BCUT2D eigenvalue weighted by Gasteiger charge is -2.30. The van der Waals surface area contributed by atoms with Crippen LogP contribution in [0.3, 0.4) is 0 Å². The molecule has 0 aromatic carbocycles. The van der Waals surface area contributed by atoms with Crippen molar-refractivity contribution in [1.29, 1.82) is 0 Å². The van der Waals surface area contributed by atoms with Gasteiger partial charge in [-0.25, -0.2) is 0 Å². The third kappa shape index (κ3) is 1.84. The van der Waals surface area contributed by atoms with Crippen molar-refractivity contribution in [1.82, 2.24) is 19.8 Å². The summed E-state index contributed by atoms with van der Waals surface area (Å²) in [5, 5.41) is 22.0. The van der Waals surface area contributed by atoms with Crippen LogP contribution in [0.1, 0.15) is 18.4 Å². The number of piperidine rings is 1. The van der Waals surface area contributed by atoms with E-state index in [2.05, 4.69) is 20.2 Å². The molecule has 0 radical (unpaired) electrons. The molecule has 3 rings (SSSR count). The molecule has 2 aromatic heterocycles. The first-order chi connectivity index (χ1) is 8.24. The lowest BCUT2D eigenvalue weighted by Crippen LogP contribution is -2.39. The predicted octanol–water partition coefficient (Wildman–Crippen LogP) is 0.394. The zero-order valence-electron chi connectivity index (χ0n) is 9.74. The lowest BCUT2D eigenvalue weighted by molar-refractivity contribution is 0.153. The van der Waals surface area contributed by atoms with Crippen LogP contribution in [-0.4, -0.2) is 44.1 Å². The molecule has 17 heavy (non-hydrogen) atoms. The Labute approximate surface area is 98.9 Å². The molecule has 3 heterocycles. The normalized spacial score (nSPS) is 21.1. The number of rotatable bonds is 1. The molecule has 0 amide bonds. The highest BCUT2D eigenvalue weighted by Gasteiger charge is 2.19. The number of aliphatic hydroxyl groups excluding tert-OH is 1. The van der Waals surface area contributed by atoms with Gasteiger partial charge < -0.3 is 10.0 Å². The number of hydrogen-bond acceptors (Lipinski definition) is 5. The molecular formula is C11H15N5O. The van der Waals surface area contributed by atoms with Gasteiger partial charge in [0.2, 0.25) is 0 Å². The fourth-order valence-corrected chi connectivity index (χ4v) is 2.28. The van der Waals surface area contributed by atoms with Crippen LogP contribution < -0.4 is 4.90 Å². The maximum atomic E-state index is 9.68. The summed E-state index contributed by atoms with van der Waals surface area (Å²) in [6, 6.07) is 2.00. The van der Waals surface area contributed by atoms with Crippen molar-refractivity contribution in [3.63, 3.8) is 0 Å². The van der Waals surface area contributed by atoms with E-state index >= 15 is 0 Å². The Morgan fingerprint density at radius 2 is 2.35 bits per heavy atom. The summed E-state index contributed by atoms with van der Waals surface area (Å²) >= 11 is 0. The molecule has 0 saturated carbocycles. The van der Waals surface area contributed by atoms with Gasteiger partial charge in [0.05, 0.1) is 6.10 Å². The van der Waals surface area contributed by atoms with Gasteiger partial charge >= 0.3 is 0 Å². The second-order valence-corrected chi connectivity index (χ2v) is 4.53. The highest BCUT2D eigenvalue weighted by atomic mass is 16.3. The molecule has 1 saturated heterocycles. The van der Waals surface area contributed by atoms with Gasteiger partial charge in [0.1, 0.15) is 12.1 Å². The number of aromatic nitrogens is 4. The molecule has 1 fully saturated rings. The van der Waals surface area contributed by atoms with Crippen LogP contribution in [0.15, 0.2) is 12.4 Å². The second kappa shape index (κ2) is 3.96. The van der Waals surface area contributed by atoms with Crippen molar-refractivity contribution in [2.45, 2.75) is 25.9 Å². The zero-order chi connectivity index (χ0) is 11.8. The molecule has 0 spiro atoms. The molecule has 1 atom stereocenters. The molecule has 1 aliphatic heterocycles. The van der Waals surface area contributed by atoms with Gasteiger partial charge in [-0.2, -0.15) is 4.52 Å². The van der Waals surface area contributed by atoms with Crippen molar-refractivity contribution in [3.05, 3.63) is 18.0 Å². The number of anilines is 1. The third-order valence-electron chi connectivity index (χ3n) is 3.16. The summed E-state index contributed by atoms with van der Waals surface area (Å²) in [7, 11) is 0. The number of nitrogens with zero attached hydrogens (tertiary/aromatic N) is 5. The van der Waals surface area contributed by atoms with Crippen molar-refractivity contribution >= 4 is 11.5 Å². The first-order valence-corrected chi connectivity index (χ1v) is 5.85. The molecule has 0 bridgehead atoms. The minimum atomic E-state index is -0.248. The van der Waals surface area contributed by atoms with Crippen molar-refractivity contribution in [3.8, 4) is 0 Å². The van der Waals surface area contributed by atoms with E-state index in [1.165, 1.54) is 0 Å². The van der Waals surface area contributed by atoms with E-state index in [-0.39, 0.29) is 6.10 Å². The monoisotopic (exact) mass is 233 g/mol. The van der Waals surface area contributed by atoms with Crippen molar-refractivity contribution in [2.24, 2.45) is 0 Å². The van der Waals surface area contributed by atoms with Crippen LogP contribution in [0.5, 0.6) is 0 Å². The third-order valence-corrected chi connectivity index (χ3v) is 3.16. The molecular weight excluding hydrogens is 218 g/mol. The Hall–Kier alpha value is -1.69. The van der Waals surface area contributed by atoms with Crippen molar-refractivity contribution in [2.75, 3.05) is 18.0 Å². The average Bonchev–Trinajstić information content (AvgIpc) is 2.77. The van der Waals surface area contributed by atoms with E-state index in [9.17, 15) is 5.11 Å². The first kappa shape index (κ1) is 10.5. The van der Waals surface area contributed by atoms with Gasteiger partial charge in [0, 0.05) is 13.1 Å². The molecule has 6 heteroatoms. The van der Waals surface area contributed by atoms with Crippen LogP contribution in [0, 0.1) is 6.92 Å². The van der Waals surface area contributed by atoms with Crippen molar-refractivity contribution < 1.29 is 5.11 Å². The summed E-state index contributed by atoms with van der Waals surface area (Å²) in [4.78, 5) is 2.11. The first-order valence-electron chi connectivity index (χ1n) is 5.85. The van der Waals surface area contributed by atoms with Gasteiger partial charge in [-0.1, -0.05) is 0 Å². The van der Waals surface area contributed by atoms with Crippen LogP contribution in [0.25, 0.3) is 5.65 Å². The maximum Gasteiger partial charge on any atom is 0.180 e.